The summed E-state index contributed by atoms with van der Waals surface area (Å²) in [4.78, 5) is 13.2. The van der Waals surface area contributed by atoms with Crippen LogP contribution < -0.4 is 14.9 Å². The zero-order chi connectivity index (χ0) is 25.5. The van der Waals surface area contributed by atoms with Crippen LogP contribution in [0, 0.1) is 11.3 Å². The largest absolute Gasteiger partial charge is 0.493 e. The minimum absolute atomic E-state index is 0.0481. The molecule has 4 rings (SSSR count). The summed E-state index contributed by atoms with van der Waals surface area (Å²) < 4.78 is 11.0. The molecule has 0 spiro atoms. The van der Waals surface area contributed by atoms with E-state index in [1.807, 2.05) is 31.2 Å². The number of ether oxygens (including phenoxy) is 2. The summed E-state index contributed by atoms with van der Waals surface area (Å²) in [5.41, 5.74) is 5.03. The minimum atomic E-state index is -0.324. The fourth-order valence-electron chi connectivity index (χ4n) is 3.52. The number of carbonyl (C=O) groups is 1. The van der Waals surface area contributed by atoms with Gasteiger partial charge in [0.05, 0.1) is 35.7 Å². The van der Waals surface area contributed by atoms with Crippen LogP contribution in [0.25, 0.3) is 0 Å². The van der Waals surface area contributed by atoms with E-state index in [0.29, 0.717) is 35.9 Å². The van der Waals surface area contributed by atoms with E-state index >= 15 is 0 Å². The fourth-order valence-corrected chi connectivity index (χ4v) is 3.78. The third-order valence-electron chi connectivity index (χ3n) is 5.22. The lowest BCUT2D eigenvalue weighted by Crippen LogP contribution is -2.32. The van der Waals surface area contributed by atoms with Gasteiger partial charge < -0.3 is 9.47 Å². The van der Waals surface area contributed by atoms with Crippen molar-refractivity contribution in [2.45, 2.75) is 19.8 Å². The molecule has 2 aromatic carbocycles. The highest BCUT2D eigenvalue weighted by Crippen LogP contribution is 2.30. The summed E-state index contributed by atoms with van der Waals surface area (Å²) in [7, 11) is 1.59. The van der Waals surface area contributed by atoms with Gasteiger partial charge in [0.1, 0.15) is 6.07 Å². The van der Waals surface area contributed by atoms with E-state index in [0.717, 1.165) is 24.1 Å². The van der Waals surface area contributed by atoms with E-state index in [-0.39, 0.29) is 22.5 Å². The monoisotopic (exact) mass is 507 g/mol. The number of amides is 1. The number of benzene rings is 2. The lowest BCUT2D eigenvalue weighted by atomic mass is 10.0. The number of nitriles is 1. The number of methoxy groups -OCH3 is 1. The Kier molecular flexibility index (Phi) is 7.72. The van der Waals surface area contributed by atoms with E-state index in [4.69, 9.17) is 21.1 Å². The van der Waals surface area contributed by atoms with Crippen molar-refractivity contribution in [1.82, 2.24) is 25.6 Å². The highest BCUT2D eigenvalue weighted by molar-refractivity contribution is 6.34. The summed E-state index contributed by atoms with van der Waals surface area (Å²) in [5.74, 6) is 0.979. The molecular formula is C23H22ClN9O3. The predicted octanol–water partition coefficient (Wildman–Crippen LogP) is 3.24. The maximum absolute atomic E-state index is 13.2. The van der Waals surface area contributed by atoms with E-state index in [1.165, 1.54) is 11.1 Å². The molecule has 0 atom stereocenters. The molecule has 2 N–H and O–H groups in total. The average molecular weight is 508 g/mol. The highest BCUT2D eigenvalue weighted by Gasteiger charge is 2.23. The van der Waals surface area contributed by atoms with Crippen molar-refractivity contribution in [2.24, 2.45) is 10.2 Å². The van der Waals surface area contributed by atoms with Crippen molar-refractivity contribution >= 4 is 34.6 Å². The lowest BCUT2D eigenvalue weighted by molar-refractivity contribution is 0.0752. The van der Waals surface area contributed by atoms with Crippen molar-refractivity contribution in [2.75, 3.05) is 25.7 Å². The van der Waals surface area contributed by atoms with Gasteiger partial charge in [0.2, 0.25) is 11.5 Å². The number of anilines is 1. The topological polar surface area (TPSA) is 154 Å². The van der Waals surface area contributed by atoms with Gasteiger partial charge in [-0.05, 0) is 61.4 Å². The standard InChI is InChI=1S/C23H22ClN9O3/c1-3-36-21-11-14(6-9-20(21)35-2)18-5-4-10-33(30-18)23(34)16-8-7-15(12-17(16)24)26-27-19(13-25)22-28-31-32-29-22/h6-9,11-12,26H,3-5,10H2,1-2H3,(H,28,29,31,32)/b27-19-. The smallest absolute Gasteiger partial charge is 0.275 e. The Bertz CT molecular complexity index is 1350. The summed E-state index contributed by atoms with van der Waals surface area (Å²) in [6.07, 6.45) is 1.47. The Balaban J connectivity index is 1.52. The molecule has 2 heterocycles. The second kappa shape index (κ2) is 11.3. The number of tetrazole rings is 1. The van der Waals surface area contributed by atoms with Gasteiger partial charge in [-0.2, -0.15) is 20.7 Å². The molecule has 0 unspecified atom stereocenters. The molecule has 0 saturated heterocycles. The quantitative estimate of drug-likeness (QED) is 0.348. The van der Waals surface area contributed by atoms with E-state index in [1.54, 1.807) is 19.2 Å². The van der Waals surface area contributed by atoms with Crippen LogP contribution in [-0.4, -0.2) is 63.2 Å². The number of aromatic nitrogens is 4. The van der Waals surface area contributed by atoms with Gasteiger partial charge in [-0.15, -0.1) is 10.2 Å². The number of hydrogen-bond donors (Lipinski definition) is 2. The first-order valence-electron chi connectivity index (χ1n) is 11.0. The van der Waals surface area contributed by atoms with Gasteiger partial charge in [0.25, 0.3) is 5.91 Å². The van der Waals surface area contributed by atoms with Crippen molar-refractivity contribution in [1.29, 1.82) is 5.26 Å². The van der Waals surface area contributed by atoms with Gasteiger partial charge in [-0.25, -0.2) is 5.01 Å². The lowest BCUT2D eigenvalue weighted by Gasteiger charge is -2.24. The first-order chi connectivity index (χ1) is 17.5. The summed E-state index contributed by atoms with van der Waals surface area (Å²) in [6, 6.07) is 12.2. The Labute approximate surface area is 211 Å². The van der Waals surface area contributed by atoms with Gasteiger partial charge in [0, 0.05) is 12.1 Å². The van der Waals surface area contributed by atoms with Gasteiger partial charge in [0.15, 0.2) is 11.5 Å². The van der Waals surface area contributed by atoms with E-state index < -0.39 is 0 Å². The molecule has 13 heteroatoms. The molecule has 3 aromatic rings. The number of rotatable bonds is 8. The third-order valence-corrected chi connectivity index (χ3v) is 5.53. The molecule has 0 aliphatic carbocycles. The summed E-state index contributed by atoms with van der Waals surface area (Å²) in [6.45, 7) is 2.87. The SMILES string of the molecule is CCOc1cc(C2=NN(C(=O)c3ccc(N/N=C(/C#N)c4nn[nH]n4)cc3Cl)CCC2)ccc1OC. The van der Waals surface area contributed by atoms with E-state index in [9.17, 15) is 10.1 Å². The number of nitrogens with zero attached hydrogens (tertiary/aromatic N) is 7. The molecule has 0 radical (unpaired) electrons. The number of halogens is 1. The van der Waals surface area contributed by atoms with Crippen LogP contribution >= 0.6 is 11.6 Å². The molecule has 0 bridgehead atoms. The normalized spacial score (nSPS) is 13.6. The second-order valence-electron chi connectivity index (χ2n) is 7.49. The first-order valence-corrected chi connectivity index (χ1v) is 11.4. The fraction of sp³-hybridized carbons (Fsp3) is 0.261. The van der Waals surface area contributed by atoms with Gasteiger partial charge in [-0.1, -0.05) is 11.6 Å². The minimum Gasteiger partial charge on any atom is -0.493 e. The molecular weight excluding hydrogens is 486 g/mol. The van der Waals surface area contributed by atoms with Crippen LogP contribution in [0.15, 0.2) is 46.6 Å². The van der Waals surface area contributed by atoms with Crippen molar-refractivity contribution in [3.63, 3.8) is 0 Å². The molecule has 1 aromatic heterocycles. The molecule has 0 saturated carbocycles. The molecule has 36 heavy (non-hydrogen) atoms. The van der Waals surface area contributed by atoms with Crippen LogP contribution in [0.4, 0.5) is 5.69 Å². The number of nitrogens with one attached hydrogen (secondary N) is 2. The average Bonchev–Trinajstić information content (AvgIpc) is 3.44. The van der Waals surface area contributed by atoms with Gasteiger partial charge in [-0.3, -0.25) is 10.2 Å². The van der Waals surface area contributed by atoms with Crippen LogP contribution in [-0.2, 0) is 0 Å². The molecule has 1 amide bonds. The molecule has 0 fully saturated rings. The molecule has 12 nitrogen and oxygen atoms in total. The van der Waals surface area contributed by atoms with Crippen LogP contribution in [0.2, 0.25) is 5.02 Å². The molecule has 1 aliphatic rings. The van der Waals surface area contributed by atoms with Crippen LogP contribution in [0.3, 0.4) is 0 Å². The zero-order valence-electron chi connectivity index (χ0n) is 19.5. The maximum Gasteiger partial charge on any atom is 0.275 e. The Morgan fingerprint density at radius 2 is 2.17 bits per heavy atom. The van der Waals surface area contributed by atoms with Crippen LogP contribution in [0.5, 0.6) is 11.5 Å². The van der Waals surface area contributed by atoms with E-state index in [2.05, 4.69) is 36.3 Å². The number of aromatic amines is 1. The summed E-state index contributed by atoms with van der Waals surface area (Å²) >= 11 is 6.41. The van der Waals surface area contributed by atoms with Crippen molar-refractivity contribution in [3.8, 4) is 17.6 Å². The molecule has 184 valence electrons. The number of hydrazone groups is 2. The Hall–Kier alpha value is -4.50. The Morgan fingerprint density at radius 3 is 2.86 bits per heavy atom. The second-order valence-corrected chi connectivity index (χ2v) is 7.90. The highest BCUT2D eigenvalue weighted by atomic mass is 35.5. The third kappa shape index (κ3) is 5.42. The number of hydrogen-bond acceptors (Lipinski definition) is 10. The first kappa shape index (κ1) is 24.6. The zero-order valence-corrected chi connectivity index (χ0v) is 20.3. The number of H-pyrrole nitrogens is 1. The number of carbonyl (C=O) groups excluding carboxylic acids is 1. The predicted molar refractivity (Wildman–Crippen MR) is 132 cm³/mol. The van der Waals surface area contributed by atoms with Crippen molar-refractivity contribution < 1.29 is 14.3 Å². The summed E-state index contributed by atoms with van der Waals surface area (Å²) in [5, 5.41) is 32.5. The van der Waals surface area contributed by atoms with Crippen molar-refractivity contribution in [3.05, 3.63) is 58.4 Å². The van der Waals surface area contributed by atoms with Crippen LogP contribution in [0.1, 0.15) is 41.5 Å². The maximum atomic E-state index is 13.2. The Morgan fingerprint density at radius 1 is 1.31 bits per heavy atom. The van der Waals surface area contributed by atoms with Gasteiger partial charge >= 0.3 is 0 Å². The molecule has 1 aliphatic heterocycles.